The Hall–Kier alpha value is -1.81. The normalized spacial score (nSPS) is 18.9. The van der Waals surface area contributed by atoms with E-state index in [0.29, 0.717) is 43.4 Å². The van der Waals surface area contributed by atoms with E-state index in [1.54, 1.807) is 12.1 Å². The number of nitrogens with one attached hydrogen (secondary N) is 1. The van der Waals surface area contributed by atoms with E-state index in [1.807, 2.05) is 24.3 Å². The van der Waals surface area contributed by atoms with Crippen molar-refractivity contribution in [3.05, 3.63) is 64.7 Å². The first kappa shape index (κ1) is 24.3. The van der Waals surface area contributed by atoms with E-state index in [4.69, 9.17) is 16.3 Å². The smallest absolute Gasteiger partial charge is 0.243 e. The van der Waals surface area contributed by atoms with E-state index in [-0.39, 0.29) is 23.3 Å². The topological polar surface area (TPSA) is 79.0 Å². The van der Waals surface area contributed by atoms with Gasteiger partial charge in [0.05, 0.1) is 24.7 Å². The minimum absolute atomic E-state index is 0.0309. The number of ether oxygens (including phenoxy) is 1. The standard InChI is InChI=1S/C24H30ClN3O4S/c25-22-6-2-1-5-21(22)23(27-13-15-32-16-14-27)17-26-18-24(29)19-7-9-20(10-8-19)33(30,31)28-11-3-4-12-28/h1-2,5-10,23,26H,3-4,11-18H2. The highest BCUT2D eigenvalue weighted by atomic mass is 35.5. The molecule has 178 valence electrons. The van der Waals surface area contributed by atoms with E-state index in [2.05, 4.69) is 10.2 Å². The van der Waals surface area contributed by atoms with Gasteiger partial charge in [-0.05, 0) is 36.6 Å². The largest absolute Gasteiger partial charge is 0.379 e. The second-order valence-electron chi connectivity index (χ2n) is 8.38. The molecule has 9 heteroatoms. The van der Waals surface area contributed by atoms with E-state index in [1.165, 1.54) is 16.4 Å². The van der Waals surface area contributed by atoms with Crippen LogP contribution in [0.2, 0.25) is 5.02 Å². The maximum absolute atomic E-state index is 12.7. The summed E-state index contributed by atoms with van der Waals surface area (Å²) >= 11 is 6.47. The van der Waals surface area contributed by atoms with Gasteiger partial charge in [0.1, 0.15) is 0 Å². The van der Waals surface area contributed by atoms with Gasteiger partial charge in [0.25, 0.3) is 0 Å². The van der Waals surface area contributed by atoms with Gasteiger partial charge in [-0.25, -0.2) is 8.42 Å². The zero-order chi connectivity index (χ0) is 23.3. The zero-order valence-corrected chi connectivity index (χ0v) is 20.2. The van der Waals surface area contributed by atoms with E-state index in [9.17, 15) is 13.2 Å². The molecule has 7 nitrogen and oxygen atoms in total. The number of morpholine rings is 1. The third-order valence-corrected chi connectivity index (χ3v) is 8.51. The number of Topliss-reactive ketones (excluding diaryl/α,β-unsaturated/α-hetero) is 1. The van der Waals surface area contributed by atoms with Gasteiger partial charge in [0, 0.05) is 49.4 Å². The monoisotopic (exact) mass is 491 g/mol. The molecule has 2 saturated heterocycles. The lowest BCUT2D eigenvalue weighted by molar-refractivity contribution is 0.0162. The van der Waals surface area contributed by atoms with Crippen LogP contribution in [-0.2, 0) is 14.8 Å². The van der Waals surface area contributed by atoms with Crippen LogP contribution in [0.5, 0.6) is 0 Å². The number of halogens is 1. The summed E-state index contributed by atoms with van der Waals surface area (Å²) in [5.74, 6) is -0.0833. The van der Waals surface area contributed by atoms with Crippen LogP contribution in [0, 0.1) is 0 Å². The molecule has 2 aromatic carbocycles. The zero-order valence-electron chi connectivity index (χ0n) is 18.6. The summed E-state index contributed by atoms with van der Waals surface area (Å²) in [6.07, 6.45) is 1.78. The van der Waals surface area contributed by atoms with Crippen LogP contribution in [0.3, 0.4) is 0 Å². The van der Waals surface area contributed by atoms with Gasteiger partial charge in [0.15, 0.2) is 5.78 Å². The van der Waals surface area contributed by atoms with Gasteiger partial charge in [-0.1, -0.05) is 41.9 Å². The highest BCUT2D eigenvalue weighted by molar-refractivity contribution is 7.89. The molecule has 2 aromatic rings. The highest BCUT2D eigenvalue weighted by Gasteiger charge is 2.27. The lowest BCUT2D eigenvalue weighted by Gasteiger charge is -2.35. The third-order valence-electron chi connectivity index (χ3n) is 6.25. The first-order chi connectivity index (χ1) is 16.0. The van der Waals surface area contributed by atoms with E-state index < -0.39 is 10.0 Å². The first-order valence-corrected chi connectivity index (χ1v) is 13.2. The van der Waals surface area contributed by atoms with Crippen molar-refractivity contribution >= 4 is 27.4 Å². The summed E-state index contributed by atoms with van der Waals surface area (Å²) in [5.41, 5.74) is 1.51. The van der Waals surface area contributed by atoms with Gasteiger partial charge in [-0.15, -0.1) is 0 Å². The predicted octanol–water partition coefficient (Wildman–Crippen LogP) is 2.97. The molecular weight excluding hydrogens is 462 g/mol. The van der Waals surface area contributed by atoms with Crippen LogP contribution in [0.15, 0.2) is 53.4 Å². The summed E-state index contributed by atoms with van der Waals surface area (Å²) in [6.45, 7) is 4.79. The van der Waals surface area contributed by atoms with E-state index in [0.717, 1.165) is 31.5 Å². The second-order valence-corrected chi connectivity index (χ2v) is 10.7. The van der Waals surface area contributed by atoms with Crippen molar-refractivity contribution in [3.63, 3.8) is 0 Å². The van der Waals surface area contributed by atoms with Gasteiger partial charge in [-0.2, -0.15) is 4.31 Å². The molecular formula is C24H30ClN3O4S. The summed E-state index contributed by atoms with van der Waals surface area (Å²) in [4.78, 5) is 15.3. The van der Waals surface area contributed by atoms with Crippen molar-refractivity contribution in [2.45, 2.75) is 23.8 Å². The number of ketones is 1. The van der Waals surface area contributed by atoms with Crippen molar-refractivity contribution < 1.29 is 17.9 Å². The summed E-state index contributed by atoms with van der Waals surface area (Å²) in [6, 6.07) is 14.1. The second kappa shape index (κ2) is 11.1. The fraction of sp³-hybridized carbons (Fsp3) is 0.458. The maximum atomic E-state index is 12.7. The van der Waals surface area contributed by atoms with Crippen molar-refractivity contribution in [3.8, 4) is 0 Å². The quantitative estimate of drug-likeness (QED) is 0.543. The Kier molecular flexibility index (Phi) is 8.16. The summed E-state index contributed by atoms with van der Waals surface area (Å²) in [7, 11) is -3.48. The average Bonchev–Trinajstić information content (AvgIpc) is 3.39. The van der Waals surface area contributed by atoms with Crippen LogP contribution in [0.25, 0.3) is 0 Å². The molecule has 2 heterocycles. The van der Waals surface area contributed by atoms with Crippen molar-refractivity contribution in [2.75, 3.05) is 52.5 Å². The van der Waals surface area contributed by atoms with Gasteiger partial charge >= 0.3 is 0 Å². The fourth-order valence-electron chi connectivity index (χ4n) is 4.39. The van der Waals surface area contributed by atoms with Gasteiger partial charge in [-0.3, -0.25) is 9.69 Å². The molecule has 0 aromatic heterocycles. The summed E-state index contributed by atoms with van der Waals surface area (Å²) < 4.78 is 32.4. The number of sulfonamides is 1. The molecule has 2 aliphatic heterocycles. The molecule has 1 unspecified atom stereocenters. The minimum Gasteiger partial charge on any atom is -0.379 e. The van der Waals surface area contributed by atoms with Crippen molar-refractivity contribution in [2.24, 2.45) is 0 Å². The fourth-order valence-corrected chi connectivity index (χ4v) is 6.16. The lowest BCUT2D eigenvalue weighted by Crippen LogP contribution is -2.43. The van der Waals surface area contributed by atoms with Crippen LogP contribution in [-0.4, -0.2) is 75.9 Å². The molecule has 2 aliphatic rings. The van der Waals surface area contributed by atoms with Crippen molar-refractivity contribution in [1.82, 2.24) is 14.5 Å². The Morgan fingerprint density at radius 1 is 1.00 bits per heavy atom. The molecule has 0 saturated carbocycles. The first-order valence-electron chi connectivity index (χ1n) is 11.4. The van der Waals surface area contributed by atoms with Gasteiger partial charge < -0.3 is 10.1 Å². The third kappa shape index (κ3) is 5.82. The number of carbonyl (C=O) groups is 1. The number of hydrogen-bond donors (Lipinski definition) is 1. The Morgan fingerprint density at radius 3 is 2.33 bits per heavy atom. The molecule has 4 rings (SSSR count). The predicted molar refractivity (Wildman–Crippen MR) is 128 cm³/mol. The number of carbonyl (C=O) groups excluding carboxylic acids is 1. The number of rotatable bonds is 9. The number of nitrogens with zero attached hydrogens (tertiary/aromatic N) is 2. The average molecular weight is 492 g/mol. The highest BCUT2D eigenvalue weighted by Crippen LogP contribution is 2.28. The molecule has 0 spiro atoms. The molecule has 0 aliphatic carbocycles. The number of hydrogen-bond acceptors (Lipinski definition) is 6. The molecule has 1 atom stereocenters. The van der Waals surface area contributed by atoms with Crippen molar-refractivity contribution in [1.29, 1.82) is 0 Å². The molecule has 33 heavy (non-hydrogen) atoms. The van der Waals surface area contributed by atoms with Gasteiger partial charge in [0.2, 0.25) is 10.0 Å². The lowest BCUT2D eigenvalue weighted by atomic mass is 10.0. The molecule has 0 radical (unpaired) electrons. The summed E-state index contributed by atoms with van der Waals surface area (Å²) in [5, 5.41) is 3.98. The molecule has 0 bridgehead atoms. The molecule has 2 fully saturated rings. The Bertz CT molecular complexity index is 1050. The Morgan fingerprint density at radius 2 is 1.67 bits per heavy atom. The molecule has 1 N–H and O–H groups in total. The van der Waals surface area contributed by atoms with Crippen LogP contribution < -0.4 is 5.32 Å². The maximum Gasteiger partial charge on any atom is 0.243 e. The van der Waals surface area contributed by atoms with Crippen LogP contribution in [0.4, 0.5) is 0 Å². The Balaban J connectivity index is 1.38. The van der Waals surface area contributed by atoms with E-state index >= 15 is 0 Å². The SMILES string of the molecule is O=C(CNCC(c1ccccc1Cl)N1CCOCC1)c1ccc(S(=O)(=O)N2CCCC2)cc1. The van der Waals surface area contributed by atoms with Crippen LogP contribution >= 0.6 is 11.6 Å². The minimum atomic E-state index is -3.48. The van der Waals surface area contributed by atoms with Crippen LogP contribution in [0.1, 0.15) is 34.8 Å². The molecule has 0 amide bonds. The number of benzene rings is 2. The Labute approximate surface area is 200 Å².